The molecule has 0 aromatic heterocycles. The molecule has 0 aromatic carbocycles. The van der Waals surface area contributed by atoms with Gasteiger partial charge in [-0.3, -0.25) is 0 Å². The Labute approximate surface area is 61.3 Å². The van der Waals surface area contributed by atoms with Crippen molar-refractivity contribution in [3.63, 3.8) is 0 Å². The molecule has 0 saturated carbocycles. The van der Waals surface area contributed by atoms with Gasteiger partial charge in [-0.2, -0.15) is 0 Å². The van der Waals surface area contributed by atoms with Gasteiger partial charge in [0.1, 0.15) is 0 Å². The average molecular weight is 162 g/mol. The lowest BCUT2D eigenvalue weighted by molar-refractivity contribution is 0.355. The van der Waals surface area contributed by atoms with E-state index in [1.54, 1.807) is 26.0 Å². The topological polar surface area (TPSA) is 35.5 Å². The van der Waals surface area contributed by atoms with Crippen molar-refractivity contribution >= 4 is 8.25 Å². The molecule has 0 unspecified atom stereocenters. The predicted octanol–water partition coefficient (Wildman–Crippen LogP) is 2.48. The van der Waals surface area contributed by atoms with Crippen molar-refractivity contribution in [2.24, 2.45) is 0 Å². The lowest BCUT2D eigenvalue weighted by Gasteiger charge is -1.97. The molecule has 0 saturated heterocycles. The third kappa shape index (κ3) is 5.45. The summed E-state index contributed by atoms with van der Waals surface area (Å²) in [4.78, 5) is 0. The van der Waals surface area contributed by atoms with E-state index in [9.17, 15) is 4.57 Å². The van der Waals surface area contributed by atoms with Crippen LogP contribution in [0.5, 0.6) is 0 Å². The maximum absolute atomic E-state index is 10.6. The smallest absolute Gasteiger partial charge is 0.417 e. The Morgan fingerprint density at radius 1 is 1.10 bits per heavy atom. The van der Waals surface area contributed by atoms with Crippen molar-refractivity contribution in [2.75, 3.05) is 0 Å². The van der Waals surface area contributed by atoms with Gasteiger partial charge in [0.15, 0.2) is 0 Å². The van der Waals surface area contributed by atoms with E-state index in [1.807, 2.05) is 0 Å². The number of rotatable bonds is 4. The lowest BCUT2D eigenvalue weighted by atomic mass is 10.8. The maximum Gasteiger partial charge on any atom is 0.417 e. The van der Waals surface area contributed by atoms with Gasteiger partial charge < -0.3 is 9.05 Å². The Balaban J connectivity index is 3.44. The van der Waals surface area contributed by atoms with Crippen LogP contribution in [0.4, 0.5) is 0 Å². The van der Waals surface area contributed by atoms with Crippen molar-refractivity contribution in [3.8, 4) is 0 Å². The molecule has 0 atom stereocenters. The fraction of sp³-hybridized carbons (Fsp3) is 0.333. The Hall–Kier alpha value is -0.690. The number of hydrogen-bond acceptors (Lipinski definition) is 3. The van der Waals surface area contributed by atoms with E-state index < -0.39 is 8.25 Å². The minimum absolute atomic E-state index is 1.34. The molecule has 0 fully saturated rings. The molecular weight excluding hydrogens is 151 g/mol. The second-order valence-corrected chi connectivity index (χ2v) is 2.40. The van der Waals surface area contributed by atoms with Crippen molar-refractivity contribution in [1.82, 2.24) is 0 Å². The summed E-state index contributed by atoms with van der Waals surface area (Å²) in [5.41, 5.74) is 0. The van der Waals surface area contributed by atoms with Gasteiger partial charge in [0, 0.05) is 0 Å². The molecule has 0 heterocycles. The van der Waals surface area contributed by atoms with E-state index in [2.05, 4.69) is 9.05 Å². The molecule has 0 N–H and O–H groups in total. The minimum Gasteiger partial charge on any atom is -0.426 e. The van der Waals surface area contributed by atoms with Crippen LogP contribution in [0.3, 0.4) is 0 Å². The molecule has 4 heteroatoms. The summed E-state index contributed by atoms with van der Waals surface area (Å²) in [6.07, 6.45) is 5.96. The fourth-order valence-corrected chi connectivity index (χ4v) is 0.825. The normalized spacial score (nSPS) is 11.5. The van der Waals surface area contributed by atoms with E-state index in [0.717, 1.165) is 0 Å². The SMILES string of the molecule is C/C=C\O[PH](=O)O/C=C\C. The van der Waals surface area contributed by atoms with Crippen LogP contribution in [0, 0.1) is 0 Å². The van der Waals surface area contributed by atoms with E-state index in [1.165, 1.54) is 12.5 Å². The van der Waals surface area contributed by atoms with Gasteiger partial charge >= 0.3 is 8.25 Å². The van der Waals surface area contributed by atoms with Gasteiger partial charge in [0.25, 0.3) is 0 Å². The zero-order chi connectivity index (χ0) is 7.82. The first-order valence-corrected chi connectivity index (χ1v) is 4.13. The highest BCUT2D eigenvalue weighted by Gasteiger charge is 1.89. The molecule has 0 spiro atoms. The third-order valence-electron chi connectivity index (χ3n) is 0.601. The summed E-state index contributed by atoms with van der Waals surface area (Å²) in [5.74, 6) is 0. The first-order chi connectivity index (χ1) is 4.81. The molecular formula is C6H11O3P. The second-order valence-electron chi connectivity index (χ2n) is 1.42. The maximum atomic E-state index is 10.6. The number of hydrogen-bond donors (Lipinski definition) is 0. The van der Waals surface area contributed by atoms with Crippen molar-refractivity contribution < 1.29 is 13.6 Å². The molecule has 0 radical (unpaired) electrons. The summed E-state index contributed by atoms with van der Waals surface area (Å²) in [6.45, 7) is 3.54. The second kappa shape index (κ2) is 6.43. The van der Waals surface area contributed by atoms with Crippen LogP contribution in [-0.2, 0) is 13.6 Å². The van der Waals surface area contributed by atoms with E-state index in [4.69, 9.17) is 0 Å². The van der Waals surface area contributed by atoms with Crippen molar-refractivity contribution in [2.45, 2.75) is 13.8 Å². The van der Waals surface area contributed by atoms with Crippen LogP contribution in [0.15, 0.2) is 24.7 Å². The Morgan fingerprint density at radius 3 is 1.80 bits per heavy atom. The van der Waals surface area contributed by atoms with Crippen LogP contribution in [0.25, 0.3) is 0 Å². The highest BCUT2D eigenvalue weighted by molar-refractivity contribution is 7.33. The van der Waals surface area contributed by atoms with Crippen LogP contribution in [-0.4, -0.2) is 0 Å². The largest absolute Gasteiger partial charge is 0.426 e. The van der Waals surface area contributed by atoms with Crippen LogP contribution in [0.1, 0.15) is 13.8 Å². The summed E-state index contributed by atoms with van der Waals surface area (Å²) >= 11 is 0. The summed E-state index contributed by atoms with van der Waals surface area (Å²) < 4.78 is 19.8. The summed E-state index contributed by atoms with van der Waals surface area (Å²) in [5, 5.41) is 0. The predicted molar refractivity (Wildman–Crippen MR) is 40.8 cm³/mol. The quantitative estimate of drug-likeness (QED) is 0.470. The molecule has 0 aliphatic rings. The fourth-order valence-electron chi connectivity index (χ4n) is 0.275. The average Bonchev–Trinajstić information content (AvgIpc) is 1.97. The molecule has 0 bridgehead atoms. The van der Waals surface area contributed by atoms with Gasteiger partial charge in [-0.25, -0.2) is 4.57 Å². The monoisotopic (exact) mass is 162 g/mol. The molecule has 0 aliphatic carbocycles. The van der Waals surface area contributed by atoms with Gasteiger partial charge in [0.2, 0.25) is 0 Å². The molecule has 0 rings (SSSR count). The lowest BCUT2D eigenvalue weighted by Crippen LogP contribution is -1.67. The van der Waals surface area contributed by atoms with Gasteiger partial charge in [-0.1, -0.05) is 12.2 Å². The van der Waals surface area contributed by atoms with Crippen LogP contribution >= 0.6 is 8.25 Å². The molecule has 0 aliphatic heterocycles. The summed E-state index contributed by atoms with van der Waals surface area (Å²) in [6, 6.07) is 0. The molecule has 0 aromatic rings. The first-order valence-electron chi connectivity index (χ1n) is 2.91. The highest BCUT2D eigenvalue weighted by atomic mass is 31.1. The molecule has 58 valence electrons. The van der Waals surface area contributed by atoms with E-state index in [0.29, 0.717) is 0 Å². The van der Waals surface area contributed by atoms with Crippen molar-refractivity contribution in [3.05, 3.63) is 24.7 Å². The molecule has 0 amide bonds. The van der Waals surface area contributed by atoms with Gasteiger partial charge in [-0.05, 0) is 13.8 Å². The molecule has 10 heavy (non-hydrogen) atoms. The van der Waals surface area contributed by atoms with Crippen LogP contribution in [0.2, 0.25) is 0 Å². The Morgan fingerprint density at radius 2 is 1.50 bits per heavy atom. The first kappa shape index (κ1) is 9.31. The standard InChI is InChI=1S/C6H11O3P/c1-3-5-8-10(7)9-6-4-2/h3-6,10H,1-2H3/b5-3-,6-4-. The third-order valence-corrected chi connectivity index (χ3v) is 1.26. The van der Waals surface area contributed by atoms with Gasteiger partial charge in [0.05, 0.1) is 12.5 Å². The van der Waals surface area contributed by atoms with E-state index in [-0.39, 0.29) is 0 Å². The van der Waals surface area contributed by atoms with Crippen molar-refractivity contribution in [1.29, 1.82) is 0 Å². The van der Waals surface area contributed by atoms with Gasteiger partial charge in [-0.15, -0.1) is 0 Å². The Bertz CT molecular complexity index is 135. The highest BCUT2D eigenvalue weighted by Crippen LogP contribution is 2.23. The van der Waals surface area contributed by atoms with Crippen LogP contribution < -0.4 is 0 Å². The summed E-state index contributed by atoms with van der Waals surface area (Å²) in [7, 11) is -2.34. The minimum atomic E-state index is -2.34. The zero-order valence-electron chi connectivity index (χ0n) is 6.03. The number of allylic oxidation sites excluding steroid dienone is 2. The zero-order valence-corrected chi connectivity index (χ0v) is 7.03. The Kier molecular flexibility index (Phi) is 5.99. The molecule has 3 nitrogen and oxygen atoms in total. The van der Waals surface area contributed by atoms with E-state index >= 15 is 0 Å².